The zero-order valence-electron chi connectivity index (χ0n) is 7.28. The molecular formula is C8H6F3NO2S. The average Bonchev–Trinajstić information content (AvgIpc) is 2.14. The van der Waals surface area contributed by atoms with Crippen molar-refractivity contribution in [2.75, 3.05) is 5.75 Å². The highest BCUT2D eigenvalue weighted by atomic mass is 32.2. The summed E-state index contributed by atoms with van der Waals surface area (Å²) in [4.78, 5) is 13.6. The molecule has 0 unspecified atom stereocenters. The summed E-state index contributed by atoms with van der Waals surface area (Å²) in [6, 6.07) is 2.16. The zero-order chi connectivity index (χ0) is 11.5. The summed E-state index contributed by atoms with van der Waals surface area (Å²) >= 11 is 0.819. The van der Waals surface area contributed by atoms with Gasteiger partial charge in [0.25, 0.3) is 0 Å². The number of carboxylic acids is 1. The molecule has 1 aromatic rings. The second-order valence-corrected chi connectivity index (χ2v) is 3.61. The molecular weight excluding hydrogens is 231 g/mol. The van der Waals surface area contributed by atoms with Gasteiger partial charge in [-0.2, -0.15) is 13.2 Å². The van der Waals surface area contributed by atoms with Crippen molar-refractivity contribution in [1.82, 2.24) is 4.98 Å². The SMILES string of the molecule is O=C(O)CSc1ccnc(C(F)(F)F)c1. The second kappa shape index (κ2) is 4.52. The van der Waals surface area contributed by atoms with Crippen molar-refractivity contribution in [1.29, 1.82) is 0 Å². The van der Waals surface area contributed by atoms with E-state index in [4.69, 9.17) is 5.11 Å². The summed E-state index contributed by atoms with van der Waals surface area (Å²) in [6.45, 7) is 0. The fourth-order valence-electron chi connectivity index (χ4n) is 0.801. The Bertz CT molecular complexity index is 367. The Kier molecular flexibility index (Phi) is 3.57. The molecule has 1 N–H and O–H groups in total. The number of carboxylic acid groups (broad SMARTS) is 1. The minimum Gasteiger partial charge on any atom is -0.481 e. The molecule has 0 saturated carbocycles. The van der Waals surface area contributed by atoms with E-state index >= 15 is 0 Å². The molecule has 0 radical (unpaired) electrons. The van der Waals surface area contributed by atoms with Crippen molar-refractivity contribution in [3.05, 3.63) is 24.0 Å². The van der Waals surface area contributed by atoms with Crippen molar-refractivity contribution in [2.24, 2.45) is 0 Å². The standard InChI is InChI=1S/C8H6F3NO2S/c9-8(10,11)6-3-5(1-2-12-6)15-4-7(13)14/h1-3H,4H2,(H,13,14). The number of thioether (sulfide) groups is 1. The number of rotatable bonds is 3. The summed E-state index contributed by atoms with van der Waals surface area (Å²) in [5.74, 6) is -1.35. The molecule has 0 aliphatic carbocycles. The minimum atomic E-state index is -4.50. The maximum Gasteiger partial charge on any atom is 0.433 e. The first kappa shape index (κ1) is 11.8. The minimum absolute atomic E-state index is 0.236. The third-order valence-electron chi connectivity index (χ3n) is 1.38. The molecule has 0 saturated heterocycles. The summed E-state index contributed by atoms with van der Waals surface area (Å²) in [5.41, 5.74) is -1.02. The van der Waals surface area contributed by atoms with E-state index in [-0.39, 0.29) is 10.6 Å². The summed E-state index contributed by atoms with van der Waals surface area (Å²) in [5, 5.41) is 8.35. The number of nitrogens with zero attached hydrogens (tertiary/aromatic N) is 1. The van der Waals surface area contributed by atoms with Crippen LogP contribution in [0.4, 0.5) is 13.2 Å². The zero-order valence-corrected chi connectivity index (χ0v) is 8.10. The molecule has 0 aliphatic rings. The maximum atomic E-state index is 12.2. The Balaban J connectivity index is 2.79. The molecule has 1 heterocycles. The second-order valence-electron chi connectivity index (χ2n) is 2.56. The van der Waals surface area contributed by atoms with Gasteiger partial charge in [0.1, 0.15) is 5.69 Å². The van der Waals surface area contributed by atoms with E-state index in [0.717, 1.165) is 24.0 Å². The van der Waals surface area contributed by atoms with E-state index in [1.165, 1.54) is 6.07 Å². The molecule has 0 aliphatic heterocycles. The van der Waals surface area contributed by atoms with E-state index in [2.05, 4.69) is 4.98 Å². The lowest BCUT2D eigenvalue weighted by molar-refractivity contribution is -0.141. The van der Waals surface area contributed by atoms with Gasteiger partial charge in [-0.25, -0.2) is 0 Å². The fraction of sp³-hybridized carbons (Fsp3) is 0.250. The van der Waals surface area contributed by atoms with Crippen molar-refractivity contribution in [2.45, 2.75) is 11.1 Å². The summed E-state index contributed by atoms with van der Waals surface area (Å²) < 4.78 is 36.5. The van der Waals surface area contributed by atoms with Crippen molar-refractivity contribution < 1.29 is 23.1 Å². The van der Waals surface area contributed by atoms with E-state index in [0.29, 0.717) is 0 Å². The smallest absolute Gasteiger partial charge is 0.433 e. The Morgan fingerprint density at radius 1 is 1.53 bits per heavy atom. The van der Waals surface area contributed by atoms with E-state index in [9.17, 15) is 18.0 Å². The molecule has 3 nitrogen and oxygen atoms in total. The maximum absolute atomic E-state index is 12.2. The largest absolute Gasteiger partial charge is 0.481 e. The number of hydrogen-bond donors (Lipinski definition) is 1. The van der Waals surface area contributed by atoms with Crippen LogP contribution in [0.15, 0.2) is 23.2 Å². The molecule has 0 atom stereocenters. The molecule has 0 fully saturated rings. The first-order valence-electron chi connectivity index (χ1n) is 3.77. The first-order chi connectivity index (χ1) is 6.89. The lowest BCUT2D eigenvalue weighted by atomic mass is 10.3. The van der Waals surface area contributed by atoms with Gasteiger partial charge in [0.2, 0.25) is 0 Å². The molecule has 0 aromatic carbocycles. The van der Waals surface area contributed by atoms with Crippen molar-refractivity contribution in [3.8, 4) is 0 Å². The molecule has 0 spiro atoms. The highest BCUT2D eigenvalue weighted by molar-refractivity contribution is 8.00. The molecule has 1 aromatic heterocycles. The van der Waals surface area contributed by atoms with Crippen molar-refractivity contribution in [3.63, 3.8) is 0 Å². The average molecular weight is 237 g/mol. The van der Waals surface area contributed by atoms with Crippen LogP contribution in [-0.4, -0.2) is 21.8 Å². The van der Waals surface area contributed by atoms with Crippen LogP contribution < -0.4 is 0 Å². The first-order valence-corrected chi connectivity index (χ1v) is 4.76. The molecule has 0 amide bonds. The van der Waals surface area contributed by atoms with Crippen LogP contribution in [0.2, 0.25) is 0 Å². The third kappa shape index (κ3) is 3.78. The molecule has 7 heteroatoms. The van der Waals surface area contributed by atoms with Gasteiger partial charge in [0.15, 0.2) is 0 Å². The Morgan fingerprint density at radius 3 is 2.73 bits per heavy atom. The molecule has 82 valence electrons. The number of aromatic nitrogens is 1. The normalized spacial score (nSPS) is 11.4. The van der Waals surface area contributed by atoms with E-state index in [1.54, 1.807) is 0 Å². The lowest BCUT2D eigenvalue weighted by Crippen LogP contribution is -2.07. The highest BCUT2D eigenvalue weighted by Gasteiger charge is 2.32. The quantitative estimate of drug-likeness (QED) is 0.819. The van der Waals surface area contributed by atoms with Gasteiger partial charge in [0, 0.05) is 11.1 Å². The predicted molar refractivity (Wildman–Crippen MR) is 47.6 cm³/mol. The summed E-state index contributed by atoms with van der Waals surface area (Å²) in [6.07, 6.45) is -3.49. The van der Waals surface area contributed by atoms with Crippen LogP contribution in [-0.2, 0) is 11.0 Å². The van der Waals surface area contributed by atoms with Gasteiger partial charge in [-0.3, -0.25) is 9.78 Å². The third-order valence-corrected chi connectivity index (χ3v) is 2.36. The van der Waals surface area contributed by atoms with E-state index in [1.807, 2.05) is 0 Å². The highest BCUT2D eigenvalue weighted by Crippen LogP contribution is 2.29. The van der Waals surface area contributed by atoms with Gasteiger partial charge >= 0.3 is 12.1 Å². The number of hydrogen-bond acceptors (Lipinski definition) is 3. The Labute approximate surface area is 87.3 Å². The van der Waals surface area contributed by atoms with Crippen LogP contribution in [0.1, 0.15) is 5.69 Å². The number of carbonyl (C=O) groups is 1. The lowest BCUT2D eigenvalue weighted by Gasteiger charge is -2.06. The van der Waals surface area contributed by atoms with Gasteiger partial charge in [-0.15, -0.1) is 11.8 Å². The molecule has 15 heavy (non-hydrogen) atoms. The molecule has 0 bridgehead atoms. The van der Waals surface area contributed by atoms with Gasteiger partial charge < -0.3 is 5.11 Å². The topological polar surface area (TPSA) is 50.2 Å². The van der Waals surface area contributed by atoms with Crippen LogP contribution >= 0.6 is 11.8 Å². The van der Waals surface area contributed by atoms with E-state index < -0.39 is 17.8 Å². The van der Waals surface area contributed by atoms with Crippen LogP contribution in [0.5, 0.6) is 0 Å². The van der Waals surface area contributed by atoms with Gasteiger partial charge in [0.05, 0.1) is 5.75 Å². The van der Waals surface area contributed by atoms with Crippen LogP contribution in [0, 0.1) is 0 Å². The van der Waals surface area contributed by atoms with Gasteiger partial charge in [-0.1, -0.05) is 0 Å². The predicted octanol–water partition coefficient (Wildman–Crippen LogP) is 2.28. The Morgan fingerprint density at radius 2 is 2.20 bits per heavy atom. The van der Waals surface area contributed by atoms with Gasteiger partial charge in [-0.05, 0) is 12.1 Å². The Hall–Kier alpha value is -1.24. The fourth-order valence-corrected chi connectivity index (χ4v) is 1.44. The molecule has 1 rings (SSSR count). The number of pyridine rings is 1. The van der Waals surface area contributed by atoms with Crippen LogP contribution in [0.3, 0.4) is 0 Å². The van der Waals surface area contributed by atoms with Crippen molar-refractivity contribution >= 4 is 17.7 Å². The monoisotopic (exact) mass is 237 g/mol. The van der Waals surface area contributed by atoms with Crippen LogP contribution in [0.25, 0.3) is 0 Å². The number of halogens is 3. The number of alkyl halides is 3. The summed E-state index contributed by atoms with van der Waals surface area (Å²) in [7, 11) is 0. The number of aliphatic carboxylic acids is 1.